The average Bonchev–Trinajstić information content (AvgIpc) is 3.48. The van der Waals surface area contributed by atoms with Crippen molar-refractivity contribution in [3.8, 4) is 5.75 Å². The van der Waals surface area contributed by atoms with Crippen LogP contribution in [0.2, 0.25) is 0 Å². The van der Waals surface area contributed by atoms with Gasteiger partial charge >= 0.3 is 0 Å². The highest BCUT2D eigenvalue weighted by Gasteiger charge is 2.22. The summed E-state index contributed by atoms with van der Waals surface area (Å²) in [5, 5.41) is 6.92. The van der Waals surface area contributed by atoms with E-state index in [1.54, 1.807) is 0 Å². The van der Waals surface area contributed by atoms with Crippen LogP contribution in [0.5, 0.6) is 5.75 Å². The second-order valence-corrected chi connectivity index (χ2v) is 8.21. The van der Waals surface area contributed by atoms with Gasteiger partial charge in [-0.15, -0.1) is 0 Å². The van der Waals surface area contributed by atoms with E-state index in [0.29, 0.717) is 12.5 Å². The molecule has 1 unspecified atom stereocenters. The largest absolute Gasteiger partial charge is 0.493 e. The van der Waals surface area contributed by atoms with E-state index in [4.69, 9.17) is 9.73 Å². The van der Waals surface area contributed by atoms with Crippen molar-refractivity contribution in [1.29, 1.82) is 0 Å². The summed E-state index contributed by atoms with van der Waals surface area (Å²) >= 11 is 0. The Bertz CT molecular complexity index is 627. The van der Waals surface area contributed by atoms with Crippen LogP contribution in [0, 0.1) is 18.8 Å². The van der Waals surface area contributed by atoms with Crippen molar-refractivity contribution in [2.75, 3.05) is 39.8 Å². The van der Waals surface area contributed by atoms with Crippen LogP contribution in [0.3, 0.4) is 0 Å². The maximum atomic E-state index is 6.09. The number of hydrogen-bond donors (Lipinski definition) is 2. The number of aryl methyl sites for hydroxylation is 1. The molecular formula is C22H36N4O. The summed E-state index contributed by atoms with van der Waals surface area (Å²) in [6, 6.07) is 6.44. The monoisotopic (exact) mass is 372 g/mol. The lowest BCUT2D eigenvalue weighted by Crippen LogP contribution is -2.43. The van der Waals surface area contributed by atoms with Crippen LogP contribution < -0.4 is 15.4 Å². The molecule has 5 nitrogen and oxygen atoms in total. The van der Waals surface area contributed by atoms with E-state index in [1.807, 2.05) is 0 Å². The van der Waals surface area contributed by atoms with E-state index < -0.39 is 0 Å². The summed E-state index contributed by atoms with van der Waals surface area (Å²) in [5.74, 6) is 3.36. The molecule has 1 aliphatic heterocycles. The first kappa shape index (κ1) is 20.0. The van der Waals surface area contributed by atoms with Gasteiger partial charge < -0.3 is 20.3 Å². The Hall–Kier alpha value is -1.75. The summed E-state index contributed by atoms with van der Waals surface area (Å²) in [4.78, 5) is 7.25. The number of aliphatic imine (C=N–C) groups is 1. The quantitative estimate of drug-likeness (QED) is 0.544. The fraction of sp³-hybridized carbons (Fsp3) is 0.682. The lowest BCUT2D eigenvalue weighted by Gasteiger charge is -2.30. The number of hydrogen-bond acceptors (Lipinski definition) is 3. The van der Waals surface area contributed by atoms with Crippen molar-refractivity contribution < 1.29 is 4.74 Å². The zero-order valence-electron chi connectivity index (χ0n) is 17.3. The van der Waals surface area contributed by atoms with Gasteiger partial charge in [0.2, 0.25) is 0 Å². The first-order valence-corrected chi connectivity index (χ1v) is 10.6. The van der Waals surface area contributed by atoms with Gasteiger partial charge in [-0.2, -0.15) is 0 Å². The lowest BCUT2D eigenvalue weighted by atomic mass is 9.99. The first-order valence-electron chi connectivity index (χ1n) is 10.6. The van der Waals surface area contributed by atoms with E-state index in [9.17, 15) is 0 Å². The Morgan fingerprint density at radius 1 is 1.22 bits per heavy atom. The first-order chi connectivity index (χ1) is 13.1. The Labute approximate surface area is 164 Å². The molecular weight excluding hydrogens is 336 g/mol. The molecule has 0 amide bonds. The van der Waals surface area contributed by atoms with E-state index in [2.05, 4.69) is 54.6 Å². The molecule has 5 heteroatoms. The standard InChI is InChI=1S/C22H36N4O/c1-4-23-22(24-13-19-6-5-11-26(3)15-19)25-14-20-10-7-17(2)12-21(20)27-16-18-8-9-18/h7,10,12,18-19H,4-6,8-9,11,13-16H2,1-3H3,(H2,23,24,25). The molecule has 2 fully saturated rings. The molecule has 1 atom stereocenters. The van der Waals surface area contributed by atoms with Crippen LogP contribution in [-0.4, -0.2) is 50.7 Å². The molecule has 1 saturated carbocycles. The minimum Gasteiger partial charge on any atom is -0.493 e. The predicted molar refractivity (Wildman–Crippen MR) is 112 cm³/mol. The summed E-state index contributed by atoms with van der Waals surface area (Å²) in [6.45, 7) is 9.95. The van der Waals surface area contributed by atoms with E-state index >= 15 is 0 Å². The van der Waals surface area contributed by atoms with E-state index in [0.717, 1.165) is 42.9 Å². The normalized spacial score (nSPS) is 21.1. The number of rotatable bonds is 8. The summed E-state index contributed by atoms with van der Waals surface area (Å²) < 4.78 is 6.09. The van der Waals surface area contributed by atoms with Crippen LogP contribution in [0.25, 0.3) is 0 Å². The Balaban J connectivity index is 1.58. The third-order valence-electron chi connectivity index (χ3n) is 5.43. The van der Waals surface area contributed by atoms with Gasteiger partial charge in [-0.25, -0.2) is 4.99 Å². The molecule has 0 bridgehead atoms. The highest BCUT2D eigenvalue weighted by Crippen LogP contribution is 2.31. The molecule has 27 heavy (non-hydrogen) atoms. The van der Waals surface area contributed by atoms with Gasteiger partial charge in [-0.05, 0) is 76.6 Å². The highest BCUT2D eigenvalue weighted by molar-refractivity contribution is 5.79. The van der Waals surface area contributed by atoms with Gasteiger partial charge in [0.15, 0.2) is 5.96 Å². The van der Waals surface area contributed by atoms with Crippen LogP contribution in [0.4, 0.5) is 0 Å². The predicted octanol–water partition coefficient (Wildman–Crippen LogP) is 3.18. The van der Waals surface area contributed by atoms with Gasteiger partial charge in [0.1, 0.15) is 5.75 Å². The molecule has 0 spiro atoms. The molecule has 1 aromatic carbocycles. The molecule has 0 aromatic heterocycles. The van der Waals surface area contributed by atoms with E-state index in [-0.39, 0.29) is 0 Å². The zero-order valence-corrected chi connectivity index (χ0v) is 17.3. The van der Waals surface area contributed by atoms with Gasteiger partial charge in [0.25, 0.3) is 0 Å². The second-order valence-electron chi connectivity index (χ2n) is 8.21. The average molecular weight is 373 g/mol. The minimum atomic E-state index is 0.639. The Morgan fingerprint density at radius 3 is 2.81 bits per heavy atom. The lowest BCUT2D eigenvalue weighted by molar-refractivity contribution is 0.210. The second kappa shape index (κ2) is 9.98. The number of nitrogens with one attached hydrogen (secondary N) is 2. The molecule has 1 aromatic rings. The molecule has 1 aliphatic carbocycles. The van der Waals surface area contributed by atoms with Crippen LogP contribution in [-0.2, 0) is 6.54 Å². The van der Waals surface area contributed by atoms with Gasteiger partial charge in [0.05, 0.1) is 13.2 Å². The fourth-order valence-corrected chi connectivity index (χ4v) is 3.61. The minimum absolute atomic E-state index is 0.639. The van der Waals surface area contributed by atoms with Crippen LogP contribution in [0.15, 0.2) is 23.2 Å². The van der Waals surface area contributed by atoms with Crippen molar-refractivity contribution in [1.82, 2.24) is 15.5 Å². The van der Waals surface area contributed by atoms with Crippen molar-refractivity contribution >= 4 is 5.96 Å². The zero-order chi connectivity index (χ0) is 19.1. The number of likely N-dealkylation sites (tertiary alicyclic amines) is 1. The van der Waals surface area contributed by atoms with Crippen molar-refractivity contribution in [3.63, 3.8) is 0 Å². The number of ether oxygens (including phenoxy) is 1. The fourth-order valence-electron chi connectivity index (χ4n) is 3.61. The SMILES string of the molecule is CCNC(=NCc1ccc(C)cc1OCC1CC1)NCC1CCCN(C)C1. The van der Waals surface area contributed by atoms with E-state index in [1.165, 1.54) is 44.3 Å². The molecule has 3 rings (SSSR count). The number of guanidine groups is 1. The van der Waals surface area contributed by atoms with Crippen LogP contribution >= 0.6 is 0 Å². The molecule has 0 radical (unpaired) electrons. The molecule has 150 valence electrons. The van der Waals surface area contributed by atoms with Crippen molar-refractivity contribution in [2.24, 2.45) is 16.8 Å². The maximum Gasteiger partial charge on any atom is 0.191 e. The van der Waals surface area contributed by atoms with Gasteiger partial charge in [-0.1, -0.05) is 12.1 Å². The maximum absolute atomic E-state index is 6.09. The van der Waals surface area contributed by atoms with Crippen molar-refractivity contribution in [3.05, 3.63) is 29.3 Å². The number of piperidine rings is 1. The molecule has 2 aliphatic rings. The van der Waals surface area contributed by atoms with Gasteiger partial charge in [0, 0.05) is 25.2 Å². The summed E-state index contributed by atoms with van der Waals surface area (Å²) in [6.07, 6.45) is 5.21. The van der Waals surface area contributed by atoms with Crippen LogP contribution in [0.1, 0.15) is 43.7 Å². The number of benzene rings is 1. The van der Waals surface area contributed by atoms with Crippen molar-refractivity contribution in [2.45, 2.75) is 46.1 Å². The molecule has 1 heterocycles. The Kier molecular flexibility index (Phi) is 7.39. The number of nitrogens with zero attached hydrogens (tertiary/aromatic N) is 2. The molecule has 1 saturated heterocycles. The highest BCUT2D eigenvalue weighted by atomic mass is 16.5. The summed E-state index contributed by atoms with van der Waals surface area (Å²) in [7, 11) is 2.21. The molecule has 2 N–H and O–H groups in total. The third kappa shape index (κ3) is 6.73. The smallest absolute Gasteiger partial charge is 0.191 e. The summed E-state index contributed by atoms with van der Waals surface area (Å²) in [5.41, 5.74) is 2.40. The Morgan fingerprint density at radius 2 is 2.07 bits per heavy atom. The van der Waals surface area contributed by atoms with Gasteiger partial charge in [-0.3, -0.25) is 0 Å². The topological polar surface area (TPSA) is 48.9 Å². The third-order valence-corrected chi connectivity index (χ3v) is 5.43.